The SMILES string of the molecule is C[C@@H]1CN(C(=O)Cn2c(=O)n(CC3CC3)c3ccc(C(=O)O)cc32)C[C@H](C)O1. The summed E-state index contributed by atoms with van der Waals surface area (Å²) in [6.45, 7) is 5.31. The molecule has 1 aliphatic heterocycles. The molecule has 1 amide bonds. The lowest BCUT2D eigenvalue weighted by Gasteiger charge is -2.35. The van der Waals surface area contributed by atoms with Gasteiger partial charge in [0.2, 0.25) is 5.91 Å². The van der Waals surface area contributed by atoms with Crippen molar-refractivity contribution >= 4 is 22.9 Å². The molecule has 2 fully saturated rings. The van der Waals surface area contributed by atoms with Crippen molar-refractivity contribution in [3.8, 4) is 0 Å². The summed E-state index contributed by atoms with van der Waals surface area (Å²) < 4.78 is 8.77. The van der Waals surface area contributed by atoms with E-state index in [0.29, 0.717) is 36.6 Å². The molecule has 1 saturated carbocycles. The monoisotopic (exact) mass is 387 g/mol. The smallest absolute Gasteiger partial charge is 0.335 e. The molecular weight excluding hydrogens is 362 g/mol. The zero-order valence-electron chi connectivity index (χ0n) is 16.1. The fourth-order valence-electron chi connectivity index (χ4n) is 3.96. The van der Waals surface area contributed by atoms with Gasteiger partial charge in [-0.2, -0.15) is 0 Å². The van der Waals surface area contributed by atoms with E-state index in [1.165, 1.54) is 16.7 Å². The number of rotatable bonds is 5. The molecule has 1 N–H and O–H groups in total. The molecule has 0 bridgehead atoms. The van der Waals surface area contributed by atoms with Crippen LogP contribution in [-0.4, -0.2) is 56.3 Å². The van der Waals surface area contributed by atoms with Crippen molar-refractivity contribution in [3.63, 3.8) is 0 Å². The van der Waals surface area contributed by atoms with Crippen LogP contribution in [0.4, 0.5) is 0 Å². The number of fused-ring (bicyclic) bond motifs is 1. The zero-order valence-corrected chi connectivity index (χ0v) is 16.1. The Morgan fingerprint density at radius 2 is 1.79 bits per heavy atom. The third-order valence-corrected chi connectivity index (χ3v) is 5.47. The van der Waals surface area contributed by atoms with Crippen molar-refractivity contribution in [2.75, 3.05) is 13.1 Å². The average molecular weight is 387 g/mol. The van der Waals surface area contributed by atoms with E-state index >= 15 is 0 Å². The Morgan fingerprint density at radius 1 is 1.11 bits per heavy atom. The lowest BCUT2D eigenvalue weighted by atomic mass is 10.2. The summed E-state index contributed by atoms with van der Waals surface area (Å²) in [4.78, 5) is 39.1. The third-order valence-electron chi connectivity index (χ3n) is 5.47. The lowest BCUT2D eigenvalue weighted by molar-refractivity contribution is -0.143. The summed E-state index contributed by atoms with van der Waals surface area (Å²) in [5.41, 5.74) is 1.02. The van der Waals surface area contributed by atoms with Gasteiger partial charge in [0, 0.05) is 19.6 Å². The predicted molar refractivity (Wildman–Crippen MR) is 102 cm³/mol. The number of aromatic nitrogens is 2. The van der Waals surface area contributed by atoms with E-state index in [-0.39, 0.29) is 35.9 Å². The highest BCUT2D eigenvalue weighted by molar-refractivity contribution is 5.93. The summed E-state index contributed by atoms with van der Waals surface area (Å²) in [6, 6.07) is 4.66. The van der Waals surface area contributed by atoms with Gasteiger partial charge in [0.05, 0.1) is 28.8 Å². The molecule has 0 spiro atoms. The van der Waals surface area contributed by atoms with E-state index < -0.39 is 5.97 Å². The van der Waals surface area contributed by atoms with Crippen LogP contribution in [0.15, 0.2) is 23.0 Å². The number of carboxylic acid groups (broad SMARTS) is 1. The topological polar surface area (TPSA) is 93.8 Å². The summed E-state index contributed by atoms with van der Waals surface area (Å²) in [5.74, 6) is -0.735. The Bertz CT molecular complexity index is 978. The second kappa shape index (κ2) is 7.09. The fourth-order valence-corrected chi connectivity index (χ4v) is 3.96. The Morgan fingerprint density at radius 3 is 2.39 bits per heavy atom. The van der Waals surface area contributed by atoms with E-state index in [4.69, 9.17) is 4.74 Å². The summed E-state index contributed by atoms with van der Waals surface area (Å²) >= 11 is 0. The van der Waals surface area contributed by atoms with Gasteiger partial charge in [-0.3, -0.25) is 13.9 Å². The minimum atomic E-state index is -1.06. The highest BCUT2D eigenvalue weighted by Crippen LogP contribution is 2.31. The van der Waals surface area contributed by atoms with Crippen molar-refractivity contribution in [2.45, 2.75) is 52.0 Å². The number of aromatic carboxylic acids is 1. The standard InChI is InChI=1S/C20H25N3O5/c1-12-8-21(9-13(2)28-12)18(24)11-23-17-7-15(19(25)26)5-6-16(17)22(20(23)27)10-14-3-4-14/h5-7,12-14H,3-4,8-11H2,1-2H3,(H,25,26)/t12-,13+. The maximum Gasteiger partial charge on any atom is 0.335 e. The molecule has 2 heterocycles. The molecule has 0 radical (unpaired) electrons. The number of benzene rings is 1. The Balaban J connectivity index is 1.71. The van der Waals surface area contributed by atoms with Crippen molar-refractivity contribution in [1.82, 2.24) is 14.0 Å². The van der Waals surface area contributed by atoms with Crippen molar-refractivity contribution in [3.05, 3.63) is 34.2 Å². The first-order chi connectivity index (χ1) is 13.3. The summed E-state index contributed by atoms with van der Waals surface area (Å²) in [5, 5.41) is 9.33. The number of carbonyl (C=O) groups excluding carboxylic acids is 1. The number of imidazole rings is 1. The minimum Gasteiger partial charge on any atom is -0.478 e. The number of nitrogens with zero attached hydrogens (tertiary/aromatic N) is 3. The molecular formula is C20H25N3O5. The van der Waals surface area contributed by atoms with E-state index in [1.54, 1.807) is 15.5 Å². The predicted octanol–water partition coefficient (Wildman–Crippen LogP) is 1.55. The van der Waals surface area contributed by atoms with Crippen LogP contribution in [0.5, 0.6) is 0 Å². The normalized spacial score (nSPS) is 22.6. The zero-order chi connectivity index (χ0) is 20.0. The van der Waals surface area contributed by atoms with Crippen LogP contribution in [0, 0.1) is 5.92 Å². The van der Waals surface area contributed by atoms with E-state index in [1.807, 2.05) is 13.8 Å². The van der Waals surface area contributed by atoms with E-state index in [0.717, 1.165) is 12.8 Å². The van der Waals surface area contributed by atoms with Gasteiger partial charge in [-0.15, -0.1) is 0 Å². The van der Waals surface area contributed by atoms with Crippen LogP contribution < -0.4 is 5.69 Å². The Labute approximate surface area is 162 Å². The fraction of sp³-hybridized carbons (Fsp3) is 0.550. The number of morpholine rings is 1. The van der Waals surface area contributed by atoms with Crippen molar-refractivity contribution in [1.29, 1.82) is 0 Å². The number of amides is 1. The third kappa shape index (κ3) is 3.56. The van der Waals surface area contributed by atoms with Crippen LogP contribution >= 0.6 is 0 Å². The molecule has 1 aromatic carbocycles. The summed E-state index contributed by atoms with van der Waals surface area (Å²) in [6.07, 6.45) is 2.07. The maximum atomic E-state index is 13.1. The molecule has 0 unspecified atom stereocenters. The van der Waals surface area contributed by atoms with Gasteiger partial charge >= 0.3 is 11.7 Å². The average Bonchev–Trinajstić information content (AvgIpc) is 3.42. The van der Waals surface area contributed by atoms with Gasteiger partial charge in [0.15, 0.2) is 0 Å². The second-order valence-corrected chi connectivity index (χ2v) is 7.99. The second-order valence-electron chi connectivity index (χ2n) is 7.99. The molecule has 1 aromatic heterocycles. The first-order valence-electron chi connectivity index (χ1n) is 9.73. The molecule has 28 heavy (non-hydrogen) atoms. The van der Waals surface area contributed by atoms with Gasteiger partial charge < -0.3 is 14.7 Å². The highest BCUT2D eigenvalue weighted by Gasteiger charge is 2.29. The molecule has 4 rings (SSSR count). The van der Waals surface area contributed by atoms with Crippen LogP contribution in [-0.2, 0) is 22.6 Å². The van der Waals surface area contributed by atoms with Gasteiger partial charge in [-0.05, 0) is 50.8 Å². The number of ether oxygens (including phenoxy) is 1. The van der Waals surface area contributed by atoms with Crippen LogP contribution in [0.3, 0.4) is 0 Å². The van der Waals surface area contributed by atoms with Crippen LogP contribution in [0.25, 0.3) is 11.0 Å². The molecule has 2 atom stereocenters. The molecule has 150 valence electrons. The van der Waals surface area contributed by atoms with Crippen molar-refractivity contribution < 1.29 is 19.4 Å². The molecule has 2 aromatic rings. The van der Waals surface area contributed by atoms with Gasteiger partial charge in [-0.1, -0.05) is 0 Å². The number of hydrogen-bond acceptors (Lipinski definition) is 4. The number of hydrogen-bond donors (Lipinski definition) is 1. The first-order valence-corrected chi connectivity index (χ1v) is 9.73. The first kappa shape index (κ1) is 18.7. The molecule has 2 aliphatic rings. The molecule has 8 nitrogen and oxygen atoms in total. The quantitative estimate of drug-likeness (QED) is 0.840. The molecule has 8 heteroatoms. The molecule has 1 aliphatic carbocycles. The van der Waals surface area contributed by atoms with Gasteiger partial charge in [0.1, 0.15) is 6.54 Å². The highest BCUT2D eigenvalue weighted by atomic mass is 16.5. The Hall–Kier alpha value is -2.61. The maximum absolute atomic E-state index is 13.1. The van der Waals surface area contributed by atoms with E-state index in [9.17, 15) is 19.5 Å². The number of carboxylic acids is 1. The largest absolute Gasteiger partial charge is 0.478 e. The minimum absolute atomic E-state index is 0.0563. The van der Waals surface area contributed by atoms with Crippen LogP contribution in [0.2, 0.25) is 0 Å². The van der Waals surface area contributed by atoms with Gasteiger partial charge in [-0.25, -0.2) is 9.59 Å². The van der Waals surface area contributed by atoms with Crippen molar-refractivity contribution in [2.24, 2.45) is 5.92 Å². The lowest BCUT2D eigenvalue weighted by Crippen LogP contribution is -2.49. The summed E-state index contributed by atoms with van der Waals surface area (Å²) in [7, 11) is 0. The van der Waals surface area contributed by atoms with E-state index in [2.05, 4.69) is 0 Å². The Kier molecular flexibility index (Phi) is 4.74. The van der Waals surface area contributed by atoms with Gasteiger partial charge in [0.25, 0.3) is 0 Å². The van der Waals surface area contributed by atoms with Crippen LogP contribution in [0.1, 0.15) is 37.0 Å². The molecule has 1 saturated heterocycles. The number of carbonyl (C=O) groups is 2.